The van der Waals surface area contributed by atoms with E-state index in [1.165, 1.54) is 0 Å². The summed E-state index contributed by atoms with van der Waals surface area (Å²) in [5, 5.41) is 10.8. The number of hydrogen-bond donors (Lipinski definition) is 1. The molecule has 0 aliphatic carbocycles. The first-order chi connectivity index (χ1) is 6.76. The van der Waals surface area contributed by atoms with Crippen LogP contribution in [0.4, 0.5) is 0 Å². The molecular formula is C10H8Br2O2. The molecule has 0 radical (unpaired) electrons. The number of fused-ring (bicyclic) bond motifs is 1. The third kappa shape index (κ3) is 1.62. The predicted octanol–water partition coefficient (Wildman–Crippen LogP) is 3.58. The van der Waals surface area contributed by atoms with Gasteiger partial charge in [0.15, 0.2) is 0 Å². The van der Waals surface area contributed by atoms with Crippen molar-refractivity contribution in [1.82, 2.24) is 0 Å². The molecule has 0 spiro atoms. The van der Waals surface area contributed by atoms with Crippen LogP contribution in [0.5, 0.6) is 0 Å². The minimum atomic E-state index is 0.00514. The van der Waals surface area contributed by atoms with E-state index in [0.29, 0.717) is 0 Å². The molecule has 0 unspecified atom stereocenters. The molecule has 14 heavy (non-hydrogen) atoms. The molecule has 74 valence electrons. The highest BCUT2D eigenvalue weighted by Crippen LogP contribution is 2.29. The molecule has 1 aromatic carbocycles. The maximum atomic E-state index is 9.09. The summed E-state index contributed by atoms with van der Waals surface area (Å²) >= 11 is 6.83. The van der Waals surface area contributed by atoms with Crippen molar-refractivity contribution in [3.05, 3.63) is 34.0 Å². The Balaban J connectivity index is 2.76. The number of alkyl halides is 1. The summed E-state index contributed by atoms with van der Waals surface area (Å²) in [7, 11) is 0. The number of aliphatic hydroxyl groups excluding tert-OH is 1. The van der Waals surface area contributed by atoms with Crippen LogP contribution in [0, 0.1) is 0 Å². The summed E-state index contributed by atoms with van der Waals surface area (Å²) in [6.07, 6.45) is 1.60. The van der Waals surface area contributed by atoms with Crippen molar-refractivity contribution in [3.8, 4) is 0 Å². The van der Waals surface area contributed by atoms with E-state index in [2.05, 4.69) is 31.9 Å². The molecule has 0 atom stereocenters. The topological polar surface area (TPSA) is 33.4 Å². The Labute approximate surface area is 98.2 Å². The second-order valence-electron chi connectivity index (χ2n) is 2.99. The highest BCUT2D eigenvalue weighted by molar-refractivity contribution is 9.10. The van der Waals surface area contributed by atoms with Crippen molar-refractivity contribution < 1.29 is 9.52 Å². The Bertz CT molecular complexity index is 462. The van der Waals surface area contributed by atoms with E-state index in [0.717, 1.165) is 31.9 Å². The van der Waals surface area contributed by atoms with Crippen molar-refractivity contribution >= 4 is 42.8 Å². The molecule has 0 aliphatic rings. The van der Waals surface area contributed by atoms with E-state index < -0.39 is 0 Å². The molecule has 0 saturated heterocycles. The van der Waals surface area contributed by atoms with E-state index in [9.17, 15) is 0 Å². The number of benzene rings is 1. The van der Waals surface area contributed by atoms with Gasteiger partial charge in [-0.1, -0.05) is 31.9 Å². The van der Waals surface area contributed by atoms with Gasteiger partial charge in [-0.3, -0.25) is 0 Å². The highest BCUT2D eigenvalue weighted by atomic mass is 79.9. The van der Waals surface area contributed by atoms with E-state index in [1.807, 2.05) is 12.1 Å². The largest absolute Gasteiger partial charge is 0.464 e. The second kappa shape index (κ2) is 4.04. The predicted molar refractivity (Wildman–Crippen MR) is 62.5 cm³/mol. The average Bonchev–Trinajstić information content (AvgIpc) is 2.59. The van der Waals surface area contributed by atoms with Gasteiger partial charge < -0.3 is 9.52 Å². The van der Waals surface area contributed by atoms with Gasteiger partial charge in [-0.05, 0) is 12.1 Å². The van der Waals surface area contributed by atoms with Gasteiger partial charge in [0, 0.05) is 26.3 Å². The number of aliphatic hydroxyl groups is 1. The molecule has 0 fully saturated rings. The Hall–Kier alpha value is -0.320. The van der Waals surface area contributed by atoms with Gasteiger partial charge in [0.2, 0.25) is 0 Å². The lowest BCUT2D eigenvalue weighted by atomic mass is 10.1. The average molecular weight is 320 g/mol. The minimum Gasteiger partial charge on any atom is -0.464 e. The number of furan rings is 1. The van der Waals surface area contributed by atoms with Gasteiger partial charge in [-0.15, -0.1) is 0 Å². The van der Waals surface area contributed by atoms with Crippen LogP contribution in [0.15, 0.2) is 27.3 Å². The summed E-state index contributed by atoms with van der Waals surface area (Å²) in [6, 6.07) is 3.96. The molecular weight excluding hydrogens is 312 g/mol. The van der Waals surface area contributed by atoms with Crippen molar-refractivity contribution in [3.63, 3.8) is 0 Å². The Kier molecular flexibility index (Phi) is 2.95. The standard InChI is InChI=1S/C10H8Br2O2/c11-3-6-1-8(12)2-9-7(4-13)5-14-10(6)9/h1-2,5,13H,3-4H2. The summed E-state index contributed by atoms with van der Waals surface area (Å²) in [5.74, 6) is 0. The molecule has 1 N–H and O–H groups in total. The quantitative estimate of drug-likeness (QED) is 0.858. The second-order valence-corrected chi connectivity index (χ2v) is 4.47. The van der Waals surface area contributed by atoms with E-state index >= 15 is 0 Å². The SMILES string of the molecule is OCc1coc2c(CBr)cc(Br)cc12. The van der Waals surface area contributed by atoms with Gasteiger partial charge in [-0.25, -0.2) is 0 Å². The molecule has 1 heterocycles. The zero-order chi connectivity index (χ0) is 10.1. The first-order valence-corrected chi connectivity index (χ1v) is 6.03. The van der Waals surface area contributed by atoms with Crippen LogP contribution in [0.25, 0.3) is 11.0 Å². The Morgan fingerprint density at radius 1 is 1.29 bits per heavy atom. The molecule has 2 aromatic rings. The van der Waals surface area contributed by atoms with Crippen molar-refractivity contribution in [2.75, 3.05) is 0 Å². The van der Waals surface area contributed by atoms with Crippen LogP contribution in [-0.2, 0) is 11.9 Å². The smallest absolute Gasteiger partial charge is 0.138 e. The Morgan fingerprint density at radius 2 is 2.07 bits per heavy atom. The number of rotatable bonds is 2. The fraction of sp³-hybridized carbons (Fsp3) is 0.200. The Morgan fingerprint density at radius 3 is 2.71 bits per heavy atom. The maximum Gasteiger partial charge on any atom is 0.138 e. The zero-order valence-electron chi connectivity index (χ0n) is 7.26. The van der Waals surface area contributed by atoms with Crippen molar-refractivity contribution in [2.24, 2.45) is 0 Å². The molecule has 0 bridgehead atoms. The fourth-order valence-corrected chi connectivity index (χ4v) is 2.36. The first-order valence-electron chi connectivity index (χ1n) is 4.11. The van der Waals surface area contributed by atoms with Gasteiger partial charge in [0.05, 0.1) is 12.9 Å². The normalized spacial score (nSPS) is 11.1. The van der Waals surface area contributed by atoms with Gasteiger partial charge in [-0.2, -0.15) is 0 Å². The lowest BCUT2D eigenvalue weighted by molar-refractivity contribution is 0.281. The molecule has 0 saturated carbocycles. The third-order valence-electron chi connectivity index (χ3n) is 2.11. The summed E-state index contributed by atoms with van der Waals surface area (Å²) in [6.45, 7) is 0.00514. The van der Waals surface area contributed by atoms with Gasteiger partial charge in [0.25, 0.3) is 0 Å². The molecule has 1 aromatic heterocycles. The number of halogens is 2. The zero-order valence-corrected chi connectivity index (χ0v) is 10.4. The van der Waals surface area contributed by atoms with E-state index in [-0.39, 0.29) is 6.61 Å². The lowest BCUT2D eigenvalue weighted by Gasteiger charge is -1.99. The summed E-state index contributed by atoms with van der Waals surface area (Å²) in [5.41, 5.74) is 2.74. The van der Waals surface area contributed by atoms with E-state index in [4.69, 9.17) is 9.52 Å². The molecule has 0 amide bonds. The van der Waals surface area contributed by atoms with Crippen LogP contribution in [0.3, 0.4) is 0 Å². The highest BCUT2D eigenvalue weighted by Gasteiger charge is 2.09. The monoisotopic (exact) mass is 318 g/mol. The van der Waals surface area contributed by atoms with Crippen LogP contribution < -0.4 is 0 Å². The van der Waals surface area contributed by atoms with Crippen LogP contribution in [0.1, 0.15) is 11.1 Å². The number of hydrogen-bond acceptors (Lipinski definition) is 2. The summed E-state index contributed by atoms with van der Waals surface area (Å²) in [4.78, 5) is 0. The molecule has 2 nitrogen and oxygen atoms in total. The van der Waals surface area contributed by atoms with Crippen molar-refractivity contribution in [2.45, 2.75) is 11.9 Å². The van der Waals surface area contributed by atoms with Crippen molar-refractivity contribution in [1.29, 1.82) is 0 Å². The lowest BCUT2D eigenvalue weighted by Crippen LogP contribution is -1.82. The third-order valence-corrected chi connectivity index (χ3v) is 3.17. The van der Waals surface area contributed by atoms with E-state index in [1.54, 1.807) is 6.26 Å². The minimum absolute atomic E-state index is 0.00514. The molecule has 2 rings (SSSR count). The van der Waals surface area contributed by atoms with Gasteiger partial charge in [0.1, 0.15) is 5.58 Å². The van der Waals surface area contributed by atoms with Crippen LogP contribution in [0.2, 0.25) is 0 Å². The fourth-order valence-electron chi connectivity index (χ4n) is 1.44. The van der Waals surface area contributed by atoms with Crippen LogP contribution >= 0.6 is 31.9 Å². The summed E-state index contributed by atoms with van der Waals surface area (Å²) < 4.78 is 6.40. The maximum absolute atomic E-state index is 9.09. The van der Waals surface area contributed by atoms with Gasteiger partial charge >= 0.3 is 0 Å². The van der Waals surface area contributed by atoms with Crippen LogP contribution in [-0.4, -0.2) is 5.11 Å². The molecule has 0 aliphatic heterocycles. The first kappa shape index (κ1) is 10.2. The molecule has 4 heteroatoms.